The maximum atomic E-state index is 3.56. The maximum Gasteiger partial charge on any atom is 0.0342 e. The van der Waals surface area contributed by atoms with E-state index in [9.17, 15) is 0 Å². The third kappa shape index (κ3) is 2.42. The normalized spacial score (nSPS) is 17.9. The van der Waals surface area contributed by atoms with E-state index in [2.05, 4.69) is 44.4 Å². The Morgan fingerprint density at radius 3 is 3.00 bits per heavy atom. The van der Waals surface area contributed by atoms with E-state index in [1.54, 1.807) is 0 Å². The SMILES string of the molecule is Brc1ccsc1CN1CC=CCC1. The number of hydrogen-bond donors (Lipinski definition) is 0. The van der Waals surface area contributed by atoms with Crippen molar-refractivity contribution in [3.05, 3.63) is 32.9 Å². The Hall–Kier alpha value is -0.120. The second-order valence-electron chi connectivity index (χ2n) is 3.19. The molecule has 0 N–H and O–H groups in total. The first-order chi connectivity index (χ1) is 6.36. The van der Waals surface area contributed by atoms with Gasteiger partial charge in [-0.1, -0.05) is 12.2 Å². The summed E-state index contributed by atoms with van der Waals surface area (Å²) in [5.41, 5.74) is 0. The summed E-state index contributed by atoms with van der Waals surface area (Å²) in [4.78, 5) is 3.91. The molecule has 1 aliphatic heterocycles. The van der Waals surface area contributed by atoms with Crippen molar-refractivity contribution in [2.45, 2.75) is 13.0 Å². The lowest BCUT2D eigenvalue weighted by Crippen LogP contribution is -2.26. The van der Waals surface area contributed by atoms with Crippen LogP contribution in [-0.2, 0) is 6.54 Å². The fourth-order valence-corrected chi connectivity index (χ4v) is 2.99. The lowest BCUT2D eigenvalue weighted by Gasteiger charge is -2.22. The zero-order valence-electron chi connectivity index (χ0n) is 7.37. The number of thiophene rings is 1. The molecular weight excluding hydrogens is 246 g/mol. The summed E-state index contributed by atoms with van der Waals surface area (Å²) in [6.45, 7) is 3.38. The molecule has 0 unspecified atom stereocenters. The quantitative estimate of drug-likeness (QED) is 0.736. The van der Waals surface area contributed by atoms with E-state index in [0.717, 1.165) is 13.1 Å². The Bertz CT molecular complexity index is 306. The van der Waals surface area contributed by atoms with Crippen LogP contribution in [0.4, 0.5) is 0 Å². The molecule has 0 radical (unpaired) electrons. The van der Waals surface area contributed by atoms with Crippen LogP contribution in [0.25, 0.3) is 0 Å². The minimum atomic E-state index is 1.09. The van der Waals surface area contributed by atoms with Crippen LogP contribution < -0.4 is 0 Å². The lowest BCUT2D eigenvalue weighted by molar-refractivity contribution is 0.293. The molecular formula is C10H12BrNS. The number of rotatable bonds is 2. The van der Waals surface area contributed by atoms with Gasteiger partial charge in [-0.15, -0.1) is 11.3 Å². The Balaban J connectivity index is 1.98. The Morgan fingerprint density at radius 1 is 1.46 bits per heavy atom. The molecule has 0 spiro atoms. The highest BCUT2D eigenvalue weighted by Gasteiger charge is 2.09. The highest BCUT2D eigenvalue weighted by atomic mass is 79.9. The second-order valence-corrected chi connectivity index (χ2v) is 5.04. The van der Waals surface area contributed by atoms with Crippen LogP contribution in [0, 0.1) is 0 Å². The van der Waals surface area contributed by atoms with Gasteiger partial charge in [0, 0.05) is 29.0 Å². The van der Waals surface area contributed by atoms with E-state index < -0.39 is 0 Å². The molecule has 2 heterocycles. The van der Waals surface area contributed by atoms with Gasteiger partial charge in [-0.3, -0.25) is 4.90 Å². The van der Waals surface area contributed by atoms with Gasteiger partial charge in [-0.2, -0.15) is 0 Å². The Morgan fingerprint density at radius 2 is 2.38 bits per heavy atom. The van der Waals surface area contributed by atoms with Gasteiger partial charge < -0.3 is 0 Å². The standard InChI is InChI=1S/C10H12BrNS/c11-9-4-7-13-10(9)8-12-5-2-1-3-6-12/h1-2,4,7H,3,5-6,8H2. The minimum absolute atomic E-state index is 1.09. The molecule has 0 fully saturated rings. The first-order valence-corrected chi connectivity index (χ1v) is 6.13. The molecule has 13 heavy (non-hydrogen) atoms. The van der Waals surface area contributed by atoms with Crippen LogP contribution in [0.2, 0.25) is 0 Å². The summed E-state index contributed by atoms with van der Waals surface area (Å²) in [5.74, 6) is 0. The van der Waals surface area contributed by atoms with Crippen LogP contribution >= 0.6 is 27.3 Å². The summed E-state index contributed by atoms with van der Waals surface area (Å²) in [6, 6.07) is 2.12. The van der Waals surface area contributed by atoms with E-state index in [1.165, 1.54) is 22.3 Å². The second kappa shape index (κ2) is 4.40. The first-order valence-electron chi connectivity index (χ1n) is 4.45. The van der Waals surface area contributed by atoms with E-state index in [1.807, 2.05) is 11.3 Å². The summed E-state index contributed by atoms with van der Waals surface area (Å²) >= 11 is 5.39. The summed E-state index contributed by atoms with van der Waals surface area (Å²) in [7, 11) is 0. The van der Waals surface area contributed by atoms with Crippen molar-refractivity contribution in [1.82, 2.24) is 4.90 Å². The van der Waals surface area contributed by atoms with Crippen molar-refractivity contribution < 1.29 is 0 Å². The van der Waals surface area contributed by atoms with Crippen LogP contribution in [-0.4, -0.2) is 18.0 Å². The van der Waals surface area contributed by atoms with E-state index in [4.69, 9.17) is 0 Å². The predicted molar refractivity (Wildman–Crippen MR) is 61.1 cm³/mol. The highest BCUT2D eigenvalue weighted by Crippen LogP contribution is 2.24. The van der Waals surface area contributed by atoms with E-state index in [-0.39, 0.29) is 0 Å². The topological polar surface area (TPSA) is 3.24 Å². The zero-order chi connectivity index (χ0) is 9.10. The van der Waals surface area contributed by atoms with Crippen molar-refractivity contribution in [2.24, 2.45) is 0 Å². The van der Waals surface area contributed by atoms with Crippen LogP contribution in [0.5, 0.6) is 0 Å². The monoisotopic (exact) mass is 257 g/mol. The van der Waals surface area contributed by atoms with E-state index >= 15 is 0 Å². The van der Waals surface area contributed by atoms with Gasteiger partial charge in [-0.25, -0.2) is 0 Å². The fraction of sp³-hybridized carbons (Fsp3) is 0.400. The molecule has 0 saturated carbocycles. The molecule has 1 nitrogen and oxygen atoms in total. The average molecular weight is 258 g/mol. The van der Waals surface area contributed by atoms with Gasteiger partial charge in [0.1, 0.15) is 0 Å². The van der Waals surface area contributed by atoms with Gasteiger partial charge in [0.15, 0.2) is 0 Å². The summed E-state index contributed by atoms with van der Waals surface area (Å²) in [6.07, 6.45) is 5.72. The van der Waals surface area contributed by atoms with Crippen molar-refractivity contribution >= 4 is 27.3 Å². The third-order valence-corrected chi connectivity index (χ3v) is 4.11. The number of nitrogens with zero attached hydrogens (tertiary/aromatic N) is 1. The smallest absolute Gasteiger partial charge is 0.0342 e. The average Bonchev–Trinajstić information content (AvgIpc) is 2.54. The number of halogens is 1. The lowest BCUT2D eigenvalue weighted by atomic mass is 10.2. The van der Waals surface area contributed by atoms with Gasteiger partial charge in [-0.05, 0) is 33.8 Å². The van der Waals surface area contributed by atoms with Crippen LogP contribution in [0.3, 0.4) is 0 Å². The molecule has 0 aromatic carbocycles. The predicted octanol–water partition coefficient (Wildman–Crippen LogP) is 3.27. The molecule has 0 aliphatic carbocycles. The molecule has 0 saturated heterocycles. The zero-order valence-corrected chi connectivity index (χ0v) is 9.77. The molecule has 3 heteroatoms. The molecule has 0 bridgehead atoms. The van der Waals surface area contributed by atoms with E-state index in [0.29, 0.717) is 0 Å². The maximum absolute atomic E-state index is 3.56. The van der Waals surface area contributed by atoms with Crippen molar-refractivity contribution in [1.29, 1.82) is 0 Å². The third-order valence-electron chi connectivity index (χ3n) is 2.20. The number of hydrogen-bond acceptors (Lipinski definition) is 2. The van der Waals surface area contributed by atoms with Gasteiger partial charge in [0.25, 0.3) is 0 Å². The first kappa shape index (κ1) is 9.44. The molecule has 1 aliphatic rings. The Labute approximate surface area is 91.2 Å². The molecule has 0 amide bonds. The molecule has 0 atom stereocenters. The molecule has 70 valence electrons. The van der Waals surface area contributed by atoms with Gasteiger partial charge in [0.2, 0.25) is 0 Å². The molecule has 1 aromatic rings. The fourth-order valence-electron chi connectivity index (χ4n) is 1.47. The van der Waals surface area contributed by atoms with Crippen molar-refractivity contribution in [2.75, 3.05) is 13.1 Å². The molecule has 2 rings (SSSR count). The van der Waals surface area contributed by atoms with Crippen LogP contribution in [0.15, 0.2) is 28.1 Å². The van der Waals surface area contributed by atoms with Gasteiger partial charge >= 0.3 is 0 Å². The largest absolute Gasteiger partial charge is 0.294 e. The van der Waals surface area contributed by atoms with Crippen molar-refractivity contribution in [3.63, 3.8) is 0 Å². The summed E-state index contributed by atoms with van der Waals surface area (Å²) < 4.78 is 1.26. The Kier molecular flexibility index (Phi) is 3.19. The van der Waals surface area contributed by atoms with Crippen molar-refractivity contribution in [3.8, 4) is 0 Å². The van der Waals surface area contributed by atoms with Crippen LogP contribution in [0.1, 0.15) is 11.3 Å². The van der Waals surface area contributed by atoms with Gasteiger partial charge in [0.05, 0.1) is 0 Å². The summed E-state index contributed by atoms with van der Waals surface area (Å²) in [5, 5.41) is 2.14. The minimum Gasteiger partial charge on any atom is -0.294 e. The highest BCUT2D eigenvalue weighted by molar-refractivity contribution is 9.10. The molecule has 1 aromatic heterocycles.